The van der Waals surface area contributed by atoms with Gasteiger partial charge in [-0.05, 0) is 26.1 Å². The molecule has 0 bridgehead atoms. The number of likely N-dealkylation sites (N-methyl/N-ethyl adjacent to an activating group) is 1. The highest BCUT2D eigenvalue weighted by molar-refractivity contribution is 5.15. The van der Waals surface area contributed by atoms with Gasteiger partial charge in [-0.25, -0.2) is 4.98 Å². The van der Waals surface area contributed by atoms with E-state index in [4.69, 9.17) is 4.74 Å². The van der Waals surface area contributed by atoms with Crippen molar-refractivity contribution >= 4 is 0 Å². The molecule has 1 atom stereocenters. The second kappa shape index (κ2) is 7.34. The standard InChI is InChI=1S/C14H25N3O/c1-11(2)13(10-17(3)4)15-9-12-7-6-8-14(16-12)18-5/h6-8,11,13,15H,9-10H2,1-5H3. The summed E-state index contributed by atoms with van der Waals surface area (Å²) in [5, 5.41) is 3.56. The SMILES string of the molecule is COc1cccc(CNC(CN(C)C)C(C)C)n1. The van der Waals surface area contributed by atoms with E-state index in [9.17, 15) is 0 Å². The molecule has 1 N–H and O–H groups in total. The lowest BCUT2D eigenvalue weighted by molar-refractivity contribution is 0.287. The second-order valence-electron chi connectivity index (χ2n) is 5.16. The Morgan fingerprint density at radius 2 is 2.06 bits per heavy atom. The fraction of sp³-hybridized carbons (Fsp3) is 0.643. The Morgan fingerprint density at radius 1 is 1.33 bits per heavy atom. The third-order valence-corrected chi connectivity index (χ3v) is 2.90. The lowest BCUT2D eigenvalue weighted by Gasteiger charge is -2.25. The van der Waals surface area contributed by atoms with Crippen molar-refractivity contribution in [3.05, 3.63) is 23.9 Å². The summed E-state index contributed by atoms with van der Waals surface area (Å²) >= 11 is 0. The Bertz CT molecular complexity index is 353. The van der Waals surface area contributed by atoms with Gasteiger partial charge in [0.1, 0.15) is 0 Å². The van der Waals surface area contributed by atoms with E-state index >= 15 is 0 Å². The van der Waals surface area contributed by atoms with Crippen LogP contribution in [0.15, 0.2) is 18.2 Å². The number of aromatic nitrogens is 1. The Balaban J connectivity index is 2.55. The smallest absolute Gasteiger partial charge is 0.213 e. The van der Waals surface area contributed by atoms with Gasteiger partial charge in [0.15, 0.2) is 0 Å². The van der Waals surface area contributed by atoms with Crippen LogP contribution in [-0.2, 0) is 6.54 Å². The molecule has 0 aliphatic rings. The minimum atomic E-state index is 0.466. The van der Waals surface area contributed by atoms with E-state index in [0.29, 0.717) is 17.8 Å². The van der Waals surface area contributed by atoms with E-state index in [0.717, 1.165) is 18.8 Å². The van der Waals surface area contributed by atoms with Crippen molar-refractivity contribution in [1.82, 2.24) is 15.2 Å². The number of ether oxygens (including phenoxy) is 1. The van der Waals surface area contributed by atoms with Crippen molar-refractivity contribution in [3.63, 3.8) is 0 Å². The molecule has 0 saturated carbocycles. The molecule has 0 aliphatic carbocycles. The first-order valence-electron chi connectivity index (χ1n) is 6.41. The molecule has 0 amide bonds. The predicted octanol–water partition coefficient (Wildman–Crippen LogP) is 1.77. The van der Waals surface area contributed by atoms with Crippen LogP contribution >= 0.6 is 0 Å². The monoisotopic (exact) mass is 251 g/mol. The highest BCUT2D eigenvalue weighted by Crippen LogP contribution is 2.08. The molecule has 0 saturated heterocycles. The molecule has 1 unspecified atom stereocenters. The molecule has 102 valence electrons. The van der Waals surface area contributed by atoms with E-state index in [1.165, 1.54) is 0 Å². The summed E-state index contributed by atoms with van der Waals surface area (Å²) in [6.07, 6.45) is 0. The molecule has 1 aromatic heterocycles. The second-order valence-corrected chi connectivity index (χ2v) is 5.16. The van der Waals surface area contributed by atoms with Crippen molar-refractivity contribution in [2.45, 2.75) is 26.4 Å². The third kappa shape index (κ3) is 5.02. The summed E-state index contributed by atoms with van der Waals surface area (Å²) in [5.41, 5.74) is 1.01. The summed E-state index contributed by atoms with van der Waals surface area (Å²) in [6.45, 7) is 6.27. The van der Waals surface area contributed by atoms with Gasteiger partial charge in [0.2, 0.25) is 5.88 Å². The summed E-state index contributed by atoms with van der Waals surface area (Å²) in [6, 6.07) is 6.32. The molecule has 0 aromatic carbocycles. The molecule has 1 aromatic rings. The van der Waals surface area contributed by atoms with Gasteiger partial charge in [0, 0.05) is 25.2 Å². The maximum Gasteiger partial charge on any atom is 0.213 e. The number of pyridine rings is 1. The van der Waals surface area contributed by atoms with Gasteiger partial charge >= 0.3 is 0 Å². The summed E-state index contributed by atoms with van der Waals surface area (Å²) < 4.78 is 5.13. The average Bonchev–Trinajstić information content (AvgIpc) is 2.34. The van der Waals surface area contributed by atoms with Crippen LogP contribution in [0.2, 0.25) is 0 Å². The van der Waals surface area contributed by atoms with Crippen molar-refractivity contribution in [2.75, 3.05) is 27.7 Å². The lowest BCUT2D eigenvalue weighted by Crippen LogP contribution is -2.41. The van der Waals surface area contributed by atoms with Gasteiger partial charge in [-0.15, -0.1) is 0 Å². The highest BCUT2D eigenvalue weighted by Gasteiger charge is 2.13. The molecule has 18 heavy (non-hydrogen) atoms. The largest absolute Gasteiger partial charge is 0.481 e. The molecule has 4 nitrogen and oxygen atoms in total. The van der Waals surface area contributed by atoms with E-state index < -0.39 is 0 Å². The topological polar surface area (TPSA) is 37.4 Å². The Labute approximate surface area is 110 Å². The number of nitrogens with zero attached hydrogens (tertiary/aromatic N) is 2. The van der Waals surface area contributed by atoms with Gasteiger partial charge in [-0.2, -0.15) is 0 Å². The van der Waals surface area contributed by atoms with E-state index in [-0.39, 0.29) is 0 Å². The molecular formula is C14H25N3O. The van der Waals surface area contributed by atoms with Crippen LogP contribution in [0.1, 0.15) is 19.5 Å². The fourth-order valence-electron chi connectivity index (χ4n) is 1.81. The van der Waals surface area contributed by atoms with E-state index in [1.54, 1.807) is 7.11 Å². The van der Waals surface area contributed by atoms with E-state index in [2.05, 4.69) is 43.1 Å². The first-order valence-corrected chi connectivity index (χ1v) is 6.41. The molecule has 1 heterocycles. The number of methoxy groups -OCH3 is 1. The van der Waals surface area contributed by atoms with Crippen LogP contribution in [0.5, 0.6) is 5.88 Å². The zero-order valence-electron chi connectivity index (χ0n) is 12.1. The summed E-state index contributed by atoms with van der Waals surface area (Å²) in [7, 11) is 5.84. The Morgan fingerprint density at radius 3 is 2.61 bits per heavy atom. The first-order chi connectivity index (χ1) is 8.52. The van der Waals surface area contributed by atoms with Gasteiger partial charge in [-0.3, -0.25) is 0 Å². The van der Waals surface area contributed by atoms with Crippen LogP contribution in [0, 0.1) is 5.92 Å². The molecule has 4 heteroatoms. The molecular weight excluding hydrogens is 226 g/mol. The normalized spacial score (nSPS) is 13.1. The fourth-order valence-corrected chi connectivity index (χ4v) is 1.81. The summed E-state index contributed by atoms with van der Waals surface area (Å²) in [4.78, 5) is 6.61. The molecule has 1 rings (SSSR count). The lowest BCUT2D eigenvalue weighted by atomic mass is 10.0. The maximum absolute atomic E-state index is 5.13. The third-order valence-electron chi connectivity index (χ3n) is 2.90. The van der Waals surface area contributed by atoms with Crippen molar-refractivity contribution in [2.24, 2.45) is 5.92 Å². The van der Waals surface area contributed by atoms with Gasteiger partial charge in [0.25, 0.3) is 0 Å². The number of rotatable bonds is 7. The molecule has 0 spiro atoms. The minimum Gasteiger partial charge on any atom is -0.481 e. The Hall–Kier alpha value is -1.13. The number of hydrogen-bond acceptors (Lipinski definition) is 4. The summed E-state index contributed by atoms with van der Waals surface area (Å²) in [5.74, 6) is 1.26. The molecule has 0 aliphatic heterocycles. The molecule has 0 radical (unpaired) electrons. The average molecular weight is 251 g/mol. The van der Waals surface area contributed by atoms with Crippen LogP contribution < -0.4 is 10.1 Å². The van der Waals surface area contributed by atoms with Crippen molar-refractivity contribution in [3.8, 4) is 5.88 Å². The molecule has 0 fully saturated rings. The zero-order chi connectivity index (χ0) is 13.5. The maximum atomic E-state index is 5.13. The van der Waals surface area contributed by atoms with Gasteiger partial charge < -0.3 is 15.0 Å². The predicted molar refractivity (Wildman–Crippen MR) is 74.8 cm³/mol. The van der Waals surface area contributed by atoms with Gasteiger partial charge in [-0.1, -0.05) is 19.9 Å². The van der Waals surface area contributed by atoms with Crippen molar-refractivity contribution in [1.29, 1.82) is 0 Å². The van der Waals surface area contributed by atoms with Crippen LogP contribution in [0.25, 0.3) is 0 Å². The first kappa shape index (κ1) is 14.9. The number of hydrogen-bond donors (Lipinski definition) is 1. The van der Waals surface area contributed by atoms with Crippen LogP contribution in [0.4, 0.5) is 0 Å². The minimum absolute atomic E-state index is 0.466. The zero-order valence-corrected chi connectivity index (χ0v) is 12.1. The van der Waals surface area contributed by atoms with Crippen LogP contribution in [0.3, 0.4) is 0 Å². The van der Waals surface area contributed by atoms with E-state index in [1.807, 2.05) is 18.2 Å². The number of nitrogens with one attached hydrogen (secondary N) is 1. The Kier molecular flexibility index (Phi) is 6.09. The van der Waals surface area contributed by atoms with Crippen LogP contribution in [-0.4, -0.2) is 43.7 Å². The van der Waals surface area contributed by atoms with Gasteiger partial charge in [0.05, 0.1) is 12.8 Å². The van der Waals surface area contributed by atoms with Crippen molar-refractivity contribution < 1.29 is 4.74 Å². The highest BCUT2D eigenvalue weighted by atomic mass is 16.5. The quantitative estimate of drug-likeness (QED) is 0.801.